The lowest BCUT2D eigenvalue weighted by atomic mass is 9.90. The van der Waals surface area contributed by atoms with Crippen molar-refractivity contribution in [2.75, 3.05) is 6.54 Å². The number of piperidine rings is 1. The molecule has 0 aromatic heterocycles. The van der Waals surface area contributed by atoms with Gasteiger partial charge in [0.15, 0.2) is 0 Å². The Kier molecular flexibility index (Phi) is 5.69. The third-order valence-corrected chi connectivity index (χ3v) is 4.29. The highest BCUT2D eigenvalue weighted by Gasteiger charge is 2.33. The average molecular weight is 318 g/mol. The molecule has 0 bridgehead atoms. The molecule has 128 valence electrons. The molecular formula is C19H30N2O2. The quantitative estimate of drug-likeness (QED) is 0.921. The smallest absolute Gasteiger partial charge is 0.407 e. The monoisotopic (exact) mass is 318 g/mol. The molecule has 1 aliphatic rings. The molecule has 4 nitrogen and oxygen atoms in total. The van der Waals surface area contributed by atoms with Gasteiger partial charge < -0.3 is 10.1 Å². The number of nitrogens with one attached hydrogen (secondary N) is 1. The van der Waals surface area contributed by atoms with Crippen LogP contribution >= 0.6 is 0 Å². The summed E-state index contributed by atoms with van der Waals surface area (Å²) in [6.07, 6.45) is 0.675. The fraction of sp³-hybridized carbons (Fsp3) is 0.632. The Morgan fingerprint density at radius 3 is 2.52 bits per heavy atom. The number of amides is 1. The van der Waals surface area contributed by atoms with Crippen LogP contribution in [-0.2, 0) is 11.3 Å². The second kappa shape index (κ2) is 7.35. The van der Waals surface area contributed by atoms with Gasteiger partial charge in [-0.15, -0.1) is 0 Å². The number of nitrogens with zero attached hydrogens (tertiary/aromatic N) is 1. The van der Waals surface area contributed by atoms with Crippen LogP contribution in [0.3, 0.4) is 0 Å². The number of hydrogen-bond acceptors (Lipinski definition) is 3. The van der Waals surface area contributed by atoms with Gasteiger partial charge in [0.2, 0.25) is 0 Å². The van der Waals surface area contributed by atoms with E-state index in [2.05, 4.69) is 48.3 Å². The lowest BCUT2D eigenvalue weighted by Crippen LogP contribution is -2.56. The van der Waals surface area contributed by atoms with Crippen LogP contribution in [-0.4, -0.2) is 35.2 Å². The highest BCUT2D eigenvalue weighted by atomic mass is 16.6. The van der Waals surface area contributed by atoms with Gasteiger partial charge in [-0.05, 0) is 45.6 Å². The van der Waals surface area contributed by atoms with E-state index >= 15 is 0 Å². The van der Waals surface area contributed by atoms with Gasteiger partial charge in [0.05, 0.1) is 0 Å². The zero-order valence-electron chi connectivity index (χ0n) is 15.0. The summed E-state index contributed by atoms with van der Waals surface area (Å²) in [5.41, 5.74) is 0.849. The molecule has 1 amide bonds. The Balaban J connectivity index is 1.99. The van der Waals surface area contributed by atoms with E-state index in [9.17, 15) is 4.79 Å². The van der Waals surface area contributed by atoms with Crippen LogP contribution in [0.5, 0.6) is 0 Å². The second-order valence-corrected chi connectivity index (χ2v) is 7.75. The number of rotatable bonds is 3. The Morgan fingerprint density at radius 2 is 1.91 bits per heavy atom. The zero-order chi connectivity index (χ0) is 17.0. The first kappa shape index (κ1) is 17.8. The van der Waals surface area contributed by atoms with Crippen molar-refractivity contribution in [2.24, 2.45) is 5.92 Å². The van der Waals surface area contributed by atoms with E-state index in [1.807, 2.05) is 26.8 Å². The van der Waals surface area contributed by atoms with Gasteiger partial charge in [0.25, 0.3) is 0 Å². The summed E-state index contributed by atoms with van der Waals surface area (Å²) in [6.45, 7) is 12.1. The Labute approximate surface area is 140 Å². The van der Waals surface area contributed by atoms with Crippen LogP contribution in [0, 0.1) is 5.92 Å². The van der Waals surface area contributed by atoms with E-state index in [-0.39, 0.29) is 12.1 Å². The first-order valence-electron chi connectivity index (χ1n) is 8.52. The van der Waals surface area contributed by atoms with Gasteiger partial charge in [-0.1, -0.05) is 37.3 Å². The zero-order valence-corrected chi connectivity index (χ0v) is 15.0. The topological polar surface area (TPSA) is 41.6 Å². The van der Waals surface area contributed by atoms with E-state index in [0.717, 1.165) is 19.5 Å². The highest BCUT2D eigenvalue weighted by molar-refractivity contribution is 5.68. The van der Waals surface area contributed by atoms with E-state index in [0.29, 0.717) is 12.0 Å². The summed E-state index contributed by atoms with van der Waals surface area (Å²) < 4.78 is 5.41. The molecule has 3 atom stereocenters. The molecule has 23 heavy (non-hydrogen) atoms. The molecule has 1 aliphatic heterocycles. The van der Waals surface area contributed by atoms with Crippen LogP contribution in [0.2, 0.25) is 0 Å². The predicted octanol–water partition coefficient (Wildman–Crippen LogP) is 3.81. The van der Waals surface area contributed by atoms with Crippen LogP contribution in [0.4, 0.5) is 4.79 Å². The van der Waals surface area contributed by atoms with Crippen molar-refractivity contribution in [3.8, 4) is 0 Å². The Morgan fingerprint density at radius 1 is 1.26 bits per heavy atom. The van der Waals surface area contributed by atoms with Gasteiger partial charge in [-0.3, -0.25) is 4.90 Å². The number of hydrogen-bond donors (Lipinski definition) is 1. The number of carbonyl (C=O) groups is 1. The highest BCUT2D eigenvalue weighted by Crippen LogP contribution is 2.24. The van der Waals surface area contributed by atoms with Crippen molar-refractivity contribution in [2.45, 2.75) is 65.3 Å². The first-order chi connectivity index (χ1) is 10.7. The summed E-state index contributed by atoms with van der Waals surface area (Å²) >= 11 is 0. The molecule has 1 saturated heterocycles. The number of alkyl carbamates (subject to hydrolysis) is 1. The van der Waals surface area contributed by atoms with E-state index in [1.165, 1.54) is 5.56 Å². The molecule has 0 unspecified atom stereocenters. The van der Waals surface area contributed by atoms with Crippen molar-refractivity contribution in [3.05, 3.63) is 35.9 Å². The summed E-state index contributed by atoms with van der Waals surface area (Å²) in [5.74, 6) is 0.551. The van der Waals surface area contributed by atoms with Crippen molar-refractivity contribution in [1.82, 2.24) is 10.2 Å². The molecule has 0 aliphatic carbocycles. The van der Waals surface area contributed by atoms with Crippen molar-refractivity contribution in [1.29, 1.82) is 0 Å². The van der Waals surface area contributed by atoms with E-state index in [4.69, 9.17) is 4.74 Å². The predicted molar refractivity (Wildman–Crippen MR) is 93.3 cm³/mol. The molecule has 1 N–H and O–H groups in total. The lowest BCUT2D eigenvalue weighted by molar-refractivity contribution is 0.0363. The summed E-state index contributed by atoms with van der Waals surface area (Å²) in [5, 5.41) is 3.07. The number of ether oxygens (including phenoxy) is 1. The molecule has 0 saturated carbocycles. The maximum atomic E-state index is 12.1. The minimum absolute atomic E-state index is 0.123. The number of benzene rings is 1. The lowest BCUT2D eigenvalue weighted by Gasteiger charge is -2.42. The second-order valence-electron chi connectivity index (χ2n) is 7.75. The van der Waals surface area contributed by atoms with Crippen LogP contribution < -0.4 is 5.32 Å². The van der Waals surface area contributed by atoms with Gasteiger partial charge in [-0.25, -0.2) is 4.79 Å². The summed E-state index contributed by atoms with van der Waals surface area (Å²) in [6, 6.07) is 10.9. The molecule has 0 spiro atoms. The standard InChI is InChI=1S/C19H30N2O2/c1-14-11-17(20-18(22)23-19(3,4)5)15(2)21(12-14)13-16-9-7-6-8-10-16/h6-10,14-15,17H,11-13H2,1-5H3,(H,20,22)/t14-,15+,17-/m1/s1. The fourth-order valence-electron chi connectivity index (χ4n) is 3.19. The Hall–Kier alpha value is -1.55. The maximum Gasteiger partial charge on any atom is 0.407 e. The third-order valence-electron chi connectivity index (χ3n) is 4.29. The minimum atomic E-state index is -0.461. The van der Waals surface area contributed by atoms with Crippen molar-refractivity contribution >= 4 is 6.09 Å². The molecule has 1 aromatic carbocycles. The van der Waals surface area contributed by atoms with E-state index < -0.39 is 5.60 Å². The molecule has 1 heterocycles. The number of carbonyl (C=O) groups excluding carboxylic acids is 1. The average Bonchev–Trinajstić information content (AvgIpc) is 2.43. The van der Waals surface area contributed by atoms with Crippen LogP contribution in [0.15, 0.2) is 30.3 Å². The first-order valence-corrected chi connectivity index (χ1v) is 8.52. The van der Waals surface area contributed by atoms with Crippen molar-refractivity contribution < 1.29 is 9.53 Å². The molecule has 0 radical (unpaired) electrons. The maximum absolute atomic E-state index is 12.1. The molecule has 1 fully saturated rings. The van der Waals surface area contributed by atoms with Gasteiger partial charge in [-0.2, -0.15) is 0 Å². The summed E-state index contributed by atoms with van der Waals surface area (Å²) in [7, 11) is 0. The van der Waals surface area contributed by atoms with Crippen molar-refractivity contribution in [3.63, 3.8) is 0 Å². The summed E-state index contributed by atoms with van der Waals surface area (Å²) in [4.78, 5) is 14.5. The molecule has 2 rings (SSSR count). The largest absolute Gasteiger partial charge is 0.444 e. The van der Waals surface area contributed by atoms with E-state index in [1.54, 1.807) is 0 Å². The molecular weight excluding hydrogens is 288 g/mol. The van der Waals surface area contributed by atoms with Gasteiger partial charge in [0.1, 0.15) is 5.60 Å². The molecule has 1 aromatic rings. The fourth-order valence-corrected chi connectivity index (χ4v) is 3.19. The Bertz CT molecular complexity index is 510. The van der Waals surface area contributed by atoms with Crippen LogP contribution in [0.25, 0.3) is 0 Å². The third kappa shape index (κ3) is 5.54. The minimum Gasteiger partial charge on any atom is -0.444 e. The normalized spacial score (nSPS) is 25.9. The SMILES string of the molecule is C[C@@H]1C[C@@H](NC(=O)OC(C)(C)C)[C@H](C)N(Cc2ccccc2)C1. The van der Waals surface area contributed by atoms with Gasteiger partial charge in [0, 0.05) is 25.2 Å². The van der Waals surface area contributed by atoms with Crippen LogP contribution in [0.1, 0.15) is 46.6 Å². The number of likely N-dealkylation sites (tertiary alicyclic amines) is 1. The molecule has 4 heteroatoms. The van der Waals surface area contributed by atoms with Gasteiger partial charge >= 0.3 is 6.09 Å².